The van der Waals surface area contributed by atoms with Crippen molar-refractivity contribution in [3.05, 3.63) is 79.3 Å². The van der Waals surface area contributed by atoms with E-state index in [0.717, 1.165) is 5.39 Å². The van der Waals surface area contributed by atoms with Crippen molar-refractivity contribution in [2.75, 3.05) is 0 Å². The van der Waals surface area contributed by atoms with E-state index in [1.54, 1.807) is 67.1 Å². The average molecular weight is 335 g/mol. The molecule has 6 heteroatoms. The zero-order valence-electron chi connectivity index (χ0n) is 12.6. The first-order valence-electron chi connectivity index (χ1n) is 7.35. The molecule has 0 saturated heterocycles. The highest BCUT2D eigenvalue weighted by Gasteiger charge is 2.24. The van der Waals surface area contributed by atoms with Gasteiger partial charge in [0.05, 0.1) is 28.0 Å². The summed E-state index contributed by atoms with van der Waals surface area (Å²) in [7, 11) is -3.76. The van der Waals surface area contributed by atoms with E-state index in [1.807, 2.05) is 12.1 Å². The van der Waals surface area contributed by atoms with E-state index in [-0.39, 0.29) is 4.90 Å². The summed E-state index contributed by atoms with van der Waals surface area (Å²) in [5.74, 6) is 0. The molecule has 5 nitrogen and oxygen atoms in total. The SMILES string of the molecule is O=S(=O)(c1ccccc1)n1c(-c2ccccn2)cc2ccncc21. The summed E-state index contributed by atoms with van der Waals surface area (Å²) in [5.41, 5.74) is 1.64. The summed E-state index contributed by atoms with van der Waals surface area (Å²) >= 11 is 0. The van der Waals surface area contributed by atoms with E-state index in [1.165, 1.54) is 3.97 Å². The quantitative estimate of drug-likeness (QED) is 0.576. The number of rotatable bonds is 3. The molecule has 4 aromatic rings. The zero-order valence-corrected chi connectivity index (χ0v) is 13.4. The highest BCUT2D eigenvalue weighted by Crippen LogP contribution is 2.30. The molecule has 3 heterocycles. The molecule has 4 rings (SSSR count). The van der Waals surface area contributed by atoms with Crippen LogP contribution >= 0.6 is 0 Å². The second-order valence-corrected chi connectivity index (χ2v) is 7.05. The fourth-order valence-electron chi connectivity index (χ4n) is 2.67. The zero-order chi connectivity index (χ0) is 16.6. The van der Waals surface area contributed by atoms with Crippen LogP contribution in [0.25, 0.3) is 22.3 Å². The average Bonchev–Trinajstić information content (AvgIpc) is 3.03. The topological polar surface area (TPSA) is 64.8 Å². The Morgan fingerprint density at radius 3 is 2.42 bits per heavy atom. The fourth-order valence-corrected chi connectivity index (χ4v) is 4.20. The van der Waals surface area contributed by atoms with E-state index < -0.39 is 10.0 Å². The molecule has 0 unspecified atom stereocenters. The normalized spacial score (nSPS) is 11.7. The van der Waals surface area contributed by atoms with Gasteiger partial charge in [0.1, 0.15) is 0 Å². The number of benzene rings is 1. The van der Waals surface area contributed by atoms with E-state index in [0.29, 0.717) is 16.9 Å². The van der Waals surface area contributed by atoms with E-state index in [9.17, 15) is 8.42 Å². The van der Waals surface area contributed by atoms with Gasteiger partial charge in [-0.2, -0.15) is 0 Å². The van der Waals surface area contributed by atoms with Crippen molar-refractivity contribution in [1.29, 1.82) is 0 Å². The highest BCUT2D eigenvalue weighted by molar-refractivity contribution is 7.90. The lowest BCUT2D eigenvalue weighted by Crippen LogP contribution is -2.14. The first-order chi connectivity index (χ1) is 11.7. The van der Waals surface area contributed by atoms with Crippen LogP contribution in [0.2, 0.25) is 0 Å². The monoisotopic (exact) mass is 335 g/mol. The van der Waals surface area contributed by atoms with Crippen molar-refractivity contribution in [2.24, 2.45) is 0 Å². The van der Waals surface area contributed by atoms with Gasteiger partial charge in [-0.05, 0) is 36.4 Å². The molecular weight excluding hydrogens is 322 g/mol. The summed E-state index contributed by atoms with van der Waals surface area (Å²) in [5, 5.41) is 0.796. The van der Waals surface area contributed by atoms with Crippen LogP contribution in [0, 0.1) is 0 Å². The number of aromatic nitrogens is 3. The number of hydrogen-bond donors (Lipinski definition) is 0. The predicted octanol–water partition coefficient (Wildman–Crippen LogP) is 3.34. The minimum Gasteiger partial charge on any atom is -0.262 e. The van der Waals surface area contributed by atoms with Gasteiger partial charge in [0.15, 0.2) is 0 Å². The third-order valence-electron chi connectivity index (χ3n) is 3.77. The maximum Gasteiger partial charge on any atom is 0.268 e. The summed E-state index contributed by atoms with van der Waals surface area (Å²) in [4.78, 5) is 8.61. The minimum absolute atomic E-state index is 0.225. The number of hydrogen-bond acceptors (Lipinski definition) is 4. The molecule has 0 N–H and O–H groups in total. The van der Waals surface area contributed by atoms with Gasteiger partial charge < -0.3 is 0 Å². The Kier molecular flexibility index (Phi) is 3.39. The number of fused-ring (bicyclic) bond motifs is 1. The van der Waals surface area contributed by atoms with Crippen LogP contribution < -0.4 is 0 Å². The van der Waals surface area contributed by atoms with E-state index in [2.05, 4.69) is 9.97 Å². The van der Waals surface area contributed by atoms with Gasteiger partial charge >= 0.3 is 0 Å². The van der Waals surface area contributed by atoms with Crippen molar-refractivity contribution in [2.45, 2.75) is 4.90 Å². The van der Waals surface area contributed by atoms with Gasteiger partial charge in [-0.15, -0.1) is 0 Å². The van der Waals surface area contributed by atoms with Crippen LogP contribution in [-0.4, -0.2) is 22.4 Å². The second-order valence-electron chi connectivity index (χ2n) is 5.26. The van der Waals surface area contributed by atoms with Gasteiger partial charge in [0.25, 0.3) is 10.0 Å². The maximum atomic E-state index is 13.2. The third-order valence-corrected chi connectivity index (χ3v) is 5.51. The molecule has 0 bridgehead atoms. The Hall–Kier alpha value is -2.99. The summed E-state index contributed by atoms with van der Waals surface area (Å²) in [6, 6.07) is 17.4. The van der Waals surface area contributed by atoms with Crippen LogP contribution in [0.5, 0.6) is 0 Å². The fraction of sp³-hybridized carbons (Fsp3) is 0. The van der Waals surface area contributed by atoms with Gasteiger partial charge in [-0.25, -0.2) is 12.4 Å². The molecule has 1 aromatic carbocycles. The molecule has 0 aliphatic heterocycles. The smallest absolute Gasteiger partial charge is 0.262 e. The van der Waals surface area contributed by atoms with Crippen LogP contribution in [0.3, 0.4) is 0 Å². The Bertz CT molecular complexity index is 1100. The van der Waals surface area contributed by atoms with Crippen LogP contribution in [-0.2, 0) is 10.0 Å². The minimum atomic E-state index is -3.76. The van der Waals surface area contributed by atoms with Gasteiger partial charge in [-0.3, -0.25) is 9.97 Å². The van der Waals surface area contributed by atoms with Gasteiger partial charge in [0, 0.05) is 17.8 Å². The van der Waals surface area contributed by atoms with Crippen LogP contribution in [0.1, 0.15) is 0 Å². The molecule has 0 aliphatic rings. The van der Waals surface area contributed by atoms with Crippen molar-refractivity contribution in [1.82, 2.24) is 13.9 Å². The summed E-state index contributed by atoms with van der Waals surface area (Å²) < 4.78 is 27.7. The lowest BCUT2D eigenvalue weighted by atomic mass is 10.2. The Morgan fingerprint density at radius 1 is 0.875 bits per heavy atom. The van der Waals surface area contributed by atoms with E-state index in [4.69, 9.17) is 0 Å². The predicted molar refractivity (Wildman–Crippen MR) is 92.0 cm³/mol. The van der Waals surface area contributed by atoms with E-state index >= 15 is 0 Å². The number of pyridine rings is 2. The van der Waals surface area contributed by atoms with Crippen molar-refractivity contribution in [3.8, 4) is 11.4 Å². The largest absolute Gasteiger partial charge is 0.268 e. The molecule has 3 aromatic heterocycles. The molecule has 0 radical (unpaired) electrons. The molecule has 0 saturated carbocycles. The molecule has 24 heavy (non-hydrogen) atoms. The number of nitrogens with zero attached hydrogens (tertiary/aromatic N) is 3. The van der Waals surface area contributed by atoms with Crippen molar-refractivity contribution < 1.29 is 8.42 Å². The molecule has 0 aliphatic carbocycles. The molecule has 118 valence electrons. The standard InChI is InChI=1S/C18H13N3O2S/c22-24(23,15-6-2-1-3-7-15)21-17(16-8-4-5-10-20-16)12-14-9-11-19-13-18(14)21/h1-13H. The van der Waals surface area contributed by atoms with Gasteiger partial charge in [-0.1, -0.05) is 24.3 Å². The highest BCUT2D eigenvalue weighted by atomic mass is 32.2. The summed E-state index contributed by atoms with van der Waals surface area (Å²) in [6.07, 6.45) is 4.84. The lowest BCUT2D eigenvalue weighted by Gasteiger charge is -2.11. The molecule has 0 atom stereocenters. The first kappa shape index (κ1) is 14.6. The van der Waals surface area contributed by atoms with Crippen molar-refractivity contribution in [3.63, 3.8) is 0 Å². The molecule has 0 fully saturated rings. The van der Waals surface area contributed by atoms with Crippen LogP contribution in [0.15, 0.2) is 84.1 Å². The molecule has 0 amide bonds. The lowest BCUT2D eigenvalue weighted by molar-refractivity contribution is 0.589. The first-order valence-corrected chi connectivity index (χ1v) is 8.79. The molecule has 0 spiro atoms. The Balaban J connectivity index is 2.08. The van der Waals surface area contributed by atoms with Gasteiger partial charge in [0.2, 0.25) is 0 Å². The van der Waals surface area contributed by atoms with Crippen molar-refractivity contribution >= 4 is 20.9 Å². The third kappa shape index (κ3) is 2.28. The van der Waals surface area contributed by atoms with Crippen LogP contribution in [0.4, 0.5) is 0 Å². The maximum absolute atomic E-state index is 13.2. The Labute approximate surface area is 139 Å². The molecular formula is C18H13N3O2S. The summed E-state index contributed by atoms with van der Waals surface area (Å²) in [6.45, 7) is 0. The second kappa shape index (κ2) is 5.58. The Morgan fingerprint density at radius 2 is 1.67 bits per heavy atom.